The van der Waals surface area contributed by atoms with E-state index in [0.717, 1.165) is 11.4 Å². The van der Waals surface area contributed by atoms with Gasteiger partial charge in [-0.2, -0.15) is 0 Å². The van der Waals surface area contributed by atoms with Gasteiger partial charge < -0.3 is 9.80 Å². The first kappa shape index (κ1) is 58.9. The standard InChI is InChI=1S/C86H81BN2S2/c1-82(2,3)56-42-54(43-57(48-56)83(4,5)6)61-26-16-20-32-69(61)88-71-40-38-52(63-30-24-36-77-79(63)65-28-18-22-34-75(65)90-77)46-67(71)87-68-47-53(64-31-25-37-78-80(64)66-29-19-23-35-76(66)91-78)39-41-72(68)89(74-51-60(86(13,14)15)50-73(88)81(74)87)70-33-21-17-27-62(70)55-44-58(84(7,8)9)49-59(45-55)85(10,11)12/h16-51H,1-15H3. The molecule has 15 rings (SSSR count). The molecule has 4 heterocycles. The Bertz CT molecular complexity index is 4740. The molecule has 11 aromatic carbocycles. The van der Waals surface area contributed by atoms with Crippen LogP contribution in [0.1, 0.15) is 132 Å². The van der Waals surface area contributed by atoms with Gasteiger partial charge in [0.1, 0.15) is 0 Å². The predicted octanol–water partition coefficient (Wildman–Crippen LogP) is 23.7. The van der Waals surface area contributed by atoms with Crippen LogP contribution in [0.4, 0.5) is 34.1 Å². The van der Waals surface area contributed by atoms with Crippen molar-refractivity contribution >= 4 is 120 Å². The third kappa shape index (κ3) is 9.96. The summed E-state index contributed by atoms with van der Waals surface area (Å²) in [7, 11) is 0. The maximum absolute atomic E-state index is 2.68. The second-order valence-corrected chi connectivity index (χ2v) is 33.2. The maximum Gasteiger partial charge on any atom is 0.252 e. The molecule has 91 heavy (non-hydrogen) atoms. The molecule has 450 valence electrons. The first-order chi connectivity index (χ1) is 43.3. The van der Waals surface area contributed by atoms with E-state index in [1.807, 2.05) is 22.7 Å². The van der Waals surface area contributed by atoms with E-state index in [1.165, 1.54) is 152 Å². The lowest BCUT2D eigenvalue weighted by molar-refractivity contribution is 0.568. The number of thiophene rings is 2. The molecule has 0 unspecified atom stereocenters. The van der Waals surface area contributed by atoms with Gasteiger partial charge in [-0.15, -0.1) is 22.7 Å². The van der Waals surface area contributed by atoms with Gasteiger partial charge in [0.05, 0.1) is 11.4 Å². The minimum atomic E-state index is -0.221. The number of hydrogen-bond donors (Lipinski definition) is 0. The normalized spacial score (nSPS) is 13.6. The molecule has 2 aromatic heterocycles. The second kappa shape index (κ2) is 21.0. The molecular formula is C86H81BN2S2. The summed E-state index contributed by atoms with van der Waals surface area (Å²) in [6.45, 7) is 35.3. The molecule has 0 atom stereocenters. The predicted molar refractivity (Wildman–Crippen MR) is 401 cm³/mol. The zero-order valence-corrected chi connectivity index (χ0v) is 57.2. The van der Waals surface area contributed by atoms with Crippen LogP contribution in [0.2, 0.25) is 0 Å². The molecule has 0 radical (unpaired) electrons. The first-order valence-corrected chi connectivity index (χ1v) is 34.3. The summed E-state index contributed by atoms with van der Waals surface area (Å²) in [4.78, 5) is 5.36. The van der Waals surface area contributed by atoms with E-state index in [4.69, 9.17) is 0 Å². The highest BCUT2D eigenvalue weighted by molar-refractivity contribution is 7.26. The van der Waals surface area contributed by atoms with Crippen LogP contribution in [0.3, 0.4) is 0 Å². The Morgan fingerprint density at radius 2 is 0.593 bits per heavy atom. The fourth-order valence-corrected chi connectivity index (χ4v) is 16.7. The monoisotopic (exact) mass is 1220 g/mol. The van der Waals surface area contributed by atoms with Crippen molar-refractivity contribution < 1.29 is 0 Å². The summed E-state index contributed by atoms with van der Waals surface area (Å²) in [6, 6.07) is 85.3. The van der Waals surface area contributed by atoms with Crippen molar-refractivity contribution in [3.8, 4) is 44.5 Å². The number of benzene rings is 11. The van der Waals surface area contributed by atoms with Crippen molar-refractivity contribution in [2.45, 2.75) is 131 Å². The molecule has 13 aromatic rings. The fraction of sp³-hybridized carbons (Fsp3) is 0.233. The molecule has 0 bridgehead atoms. The molecule has 0 spiro atoms. The fourth-order valence-electron chi connectivity index (χ4n) is 14.4. The van der Waals surface area contributed by atoms with E-state index >= 15 is 0 Å². The lowest BCUT2D eigenvalue weighted by Gasteiger charge is -2.46. The quantitative estimate of drug-likeness (QED) is 0.153. The zero-order chi connectivity index (χ0) is 63.4. The third-order valence-electron chi connectivity index (χ3n) is 19.6. The van der Waals surface area contributed by atoms with Gasteiger partial charge in [0.25, 0.3) is 6.71 Å². The molecule has 0 aliphatic carbocycles. The lowest BCUT2D eigenvalue weighted by Crippen LogP contribution is -2.61. The molecule has 0 amide bonds. The lowest BCUT2D eigenvalue weighted by atomic mass is 9.33. The molecular weight excluding hydrogens is 1140 g/mol. The molecule has 2 nitrogen and oxygen atoms in total. The van der Waals surface area contributed by atoms with E-state index < -0.39 is 0 Å². The highest BCUT2D eigenvalue weighted by atomic mass is 32.1. The van der Waals surface area contributed by atoms with Crippen LogP contribution in [0.15, 0.2) is 218 Å². The first-order valence-electron chi connectivity index (χ1n) is 32.7. The molecule has 5 heteroatoms. The molecule has 2 aliphatic heterocycles. The largest absolute Gasteiger partial charge is 0.311 e. The maximum atomic E-state index is 2.68. The summed E-state index contributed by atoms with van der Waals surface area (Å²) >= 11 is 3.78. The molecule has 0 saturated heterocycles. The Balaban J connectivity index is 1.08. The zero-order valence-electron chi connectivity index (χ0n) is 55.6. The second-order valence-electron chi connectivity index (χ2n) is 31.0. The van der Waals surface area contributed by atoms with Crippen molar-refractivity contribution in [3.05, 3.63) is 246 Å². The van der Waals surface area contributed by atoms with Gasteiger partial charge in [-0.05, 0) is 165 Å². The van der Waals surface area contributed by atoms with Crippen molar-refractivity contribution in [3.63, 3.8) is 0 Å². The smallest absolute Gasteiger partial charge is 0.252 e. The molecule has 2 aliphatic rings. The van der Waals surface area contributed by atoms with Gasteiger partial charge >= 0.3 is 0 Å². The Labute approximate surface area is 548 Å². The van der Waals surface area contributed by atoms with E-state index in [1.54, 1.807) is 0 Å². The number of para-hydroxylation sites is 2. The molecule has 0 saturated carbocycles. The Hall–Kier alpha value is -8.48. The van der Waals surface area contributed by atoms with Crippen LogP contribution < -0.4 is 26.2 Å². The highest BCUT2D eigenvalue weighted by Crippen LogP contribution is 2.52. The number of rotatable bonds is 6. The number of nitrogens with zero attached hydrogens (tertiary/aromatic N) is 2. The van der Waals surface area contributed by atoms with Crippen molar-refractivity contribution in [1.82, 2.24) is 0 Å². The van der Waals surface area contributed by atoms with Crippen LogP contribution in [-0.2, 0) is 27.1 Å². The number of hydrogen-bond acceptors (Lipinski definition) is 4. The third-order valence-corrected chi connectivity index (χ3v) is 21.9. The average Bonchev–Trinajstić information content (AvgIpc) is 1.21. The van der Waals surface area contributed by atoms with Crippen LogP contribution in [-0.4, -0.2) is 6.71 Å². The van der Waals surface area contributed by atoms with Gasteiger partial charge in [0.2, 0.25) is 0 Å². The minimum absolute atomic E-state index is 0.0700. The molecule has 0 fully saturated rings. The van der Waals surface area contributed by atoms with Crippen molar-refractivity contribution in [1.29, 1.82) is 0 Å². The van der Waals surface area contributed by atoms with E-state index in [0.29, 0.717) is 0 Å². The van der Waals surface area contributed by atoms with Crippen LogP contribution >= 0.6 is 22.7 Å². The highest BCUT2D eigenvalue weighted by Gasteiger charge is 2.45. The topological polar surface area (TPSA) is 6.48 Å². The van der Waals surface area contributed by atoms with Crippen LogP contribution in [0, 0.1) is 0 Å². The molecule has 0 N–H and O–H groups in total. The van der Waals surface area contributed by atoms with Crippen LogP contribution in [0.25, 0.3) is 84.9 Å². The summed E-state index contributed by atoms with van der Waals surface area (Å²) in [5, 5.41) is 5.25. The van der Waals surface area contributed by atoms with Gasteiger partial charge in [-0.1, -0.05) is 262 Å². The van der Waals surface area contributed by atoms with E-state index in [2.05, 4.69) is 332 Å². The Kier molecular flexibility index (Phi) is 13.6. The summed E-state index contributed by atoms with van der Waals surface area (Å²) in [5.74, 6) is 0. The Morgan fingerprint density at radius 1 is 0.264 bits per heavy atom. The number of fused-ring (bicyclic) bond motifs is 10. The minimum Gasteiger partial charge on any atom is -0.311 e. The van der Waals surface area contributed by atoms with Gasteiger partial charge in [-0.25, -0.2) is 0 Å². The van der Waals surface area contributed by atoms with Gasteiger partial charge in [-0.3, -0.25) is 0 Å². The van der Waals surface area contributed by atoms with Gasteiger partial charge in [0, 0.05) is 74.2 Å². The SMILES string of the molecule is CC(C)(C)c1cc(-c2ccccc2N2c3ccc(-c4cccc5sc6ccccc6c45)cc3B3c4cc(-c5cccc6sc7ccccc7c56)ccc4N(c4ccccc4-c4cc(C(C)(C)C)cc(C(C)(C)C)c4)c4cc(C(C)(C)C)cc2c43)cc(C(C)(C)C)c1. The van der Waals surface area contributed by atoms with E-state index in [-0.39, 0.29) is 33.8 Å². The summed E-state index contributed by atoms with van der Waals surface area (Å²) in [5.41, 5.74) is 27.0. The van der Waals surface area contributed by atoms with E-state index in [9.17, 15) is 0 Å². The Morgan fingerprint density at radius 3 is 0.978 bits per heavy atom. The van der Waals surface area contributed by atoms with Crippen molar-refractivity contribution in [2.75, 3.05) is 9.80 Å². The average molecular weight is 1220 g/mol. The number of anilines is 6. The van der Waals surface area contributed by atoms with Crippen molar-refractivity contribution in [2.24, 2.45) is 0 Å². The summed E-state index contributed by atoms with van der Waals surface area (Å²) < 4.78 is 5.24. The van der Waals surface area contributed by atoms with Gasteiger partial charge in [0.15, 0.2) is 0 Å². The summed E-state index contributed by atoms with van der Waals surface area (Å²) in [6.07, 6.45) is 0. The van der Waals surface area contributed by atoms with Crippen LogP contribution in [0.5, 0.6) is 0 Å².